The van der Waals surface area contributed by atoms with E-state index in [1.165, 1.54) is 31.2 Å². The summed E-state index contributed by atoms with van der Waals surface area (Å²) >= 11 is 9.39. The number of unbranched alkanes of at least 4 members (excludes halogenated alkanes) is 4. The maximum absolute atomic E-state index is 5.91. The molecule has 1 nitrogen and oxygen atoms in total. The van der Waals surface area contributed by atoms with Crippen molar-refractivity contribution in [1.82, 2.24) is 0 Å². The molecule has 1 rings (SSSR count). The van der Waals surface area contributed by atoms with Crippen molar-refractivity contribution >= 4 is 27.5 Å². The molecule has 0 heterocycles. The van der Waals surface area contributed by atoms with E-state index >= 15 is 0 Å². The van der Waals surface area contributed by atoms with Crippen molar-refractivity contribution in [2.24, 2.45) is 0 Å². The molecule has 0 amide bonds. The van der Waals surface area contributed by atoms with Gasteiger partial charge < -0.3 is 4.74 Å². The van der Waals surface area contributed by atoms with Gasteiger partial charge in [-0.05, 0) is 24.1 Å². The maximum Gasteiger partial charge on any atom is 0.0921 e. The quantitative estimate of drug-likeness (QED) is 0.412. The van der Waals surface area contributed by atoms with E-state index in [1.54, 1.807) is 0 Å². The lowest BCUT2D eigenvalue weighted by atomic mass is 10.1. The molecule has 0 N–H and O–H groups in total. The van der Waals surface area contributed by atoms with Crippen LogP contribution >= 0.6 is 27.5 Å². The summed E-state index contributed by atoms with van der Waals surface area (Å²) in [5.41, 5.74) is 1.19. The SMILES string of the molecule is CCCCCCCOC(CBr)c1ccc(Cl)cc1. The Hall–Kier alpha value is -0.0500. The first kappa shape index (κ1) is 16.0. The Bertz CT molecular complexity index is 313. The van der Waals surface area contributed by atoms with Gasteiger partial charge in [-0.25, -0.2) is 0 Å². The van der Waals surface area contributed by atoms with Crippen molar-refractivity contribution in [1.29, 1.82) is 0 Å². The van der Waals surface area contributed by atoms with Gasteiger partial charge >= 0.3 is 0 Å². The molecule has 18 heavy (non-hydrogen) atoms. The highest BCUT2D eigenvalue weighted by atomic mass is 79.9. The van der Waals surface area contributed by atoms with Crippen LogP contribution in [-0.2, 0) is 4.74 Å². The average Bonchev–Trinajstić information content (AvgIpc) is 2.39. The zero-order chi connectivity index (χ0) is 13.2. The molecule has 102 valence electrons. The first-order valence-electron chi connectivity index (χ1n) is 6.71. The molecule has 1 atom stereocenters. The Balaban J connectivity index is 2.27. The van der Waals surface area contributed by atoms with Crippen LogP contribution in [0.3, 0.4) is 0 Å². The Morgan fingerprint density at radius 3 is 2.39 bits per heavy atom. The van der Waals surface area contributed by atoms with Crippen LogP contribution in [0.1, 0.15) is 50.7 Å². The molecule has 0 bridgehead atoms. The van der Waals surface area contributed by atoms with Crippen molar-refractivity contribution in [3.05, 3.63) is 34.9 Å². The zero-order valence-electron chi connectivity index (χ0n) is 11.0. The summed E-state index contributed by atoms with van der Waals surface area (Å²) in [5.74, 6) is 0. The minimum absolute atomic E-state index is 0.133. The standard InChI is InChI=1S/C15H22BrClO/c1-2-3-4-5-6-11-18-15(12-16)13-7-9-14(17)10-8-13/h7-10,15H,2-6,11-12H2,1H3. The lowest BCUT2D eigenvalue weighted by Gasteiger charge is -2.16. The Morgan fingerprint density at radius 2 is 1.78 bits per heavy atom. The summed E-state index contributed by atoms with van der Waals surface area (Å²) in [6.45, 7) is 3.07. The van der Waals surface area contributed by atoms with Crippen molar-refractivity contribution < 1.29 is 4.74 Å². The molecule has 0 aliphatic carbocycles. The first-order chi connectivity index (χ1) is 8.77. The van der Waals surface area contributed by atoms with E-state index in [2.05, 4.69) is 22.9 Å². The summed E-state index contributed by atoms with van der Waals surface area (Å²) in [5, 5.41) is 1.59. The van der Waals surface area contributed by atoms with E-state index in [1.807, 2.05) is 24.3 Å². The van der Waals surface area contributed by atoms with Crippen molar-refractivity contribution in [3.63, 3.8) is 0 Å². The molecule has 0 spiro atoms. The fraction of sp³-hybridized carbons (Fsp3) is 0.600. The van der Waals surface area contributed by atoms with Crippen molar-refractivity contribution in [2.45, 2.75) is 45.1 Å². The van der Waals surface area contributed by atoms with E-state index in [9.17, 15) is 0 Å². The highest BCUT2D eigenvalue weighted by Crippen LogP contribution is 2.22. The molecule has 0 radical (unpaired) electrons. The third-order valence-electron chi connectivity index (χ3n) is 2.95. The van der Waals surface area contributed by atoms with E-state index in [4.69, 9.17) is 16.3 Å². The molecule has 1 aromatic rings. The minimum atomic E-state index is 0.133. The third-order valence-corrected chi connectivity index (χ3v) is 3.79. The second-order valence-corrected chi connectivity index (χ2v) is 5.56. The van der Waals surface area contributed by atoms with Crippen LogP contribution in [0.15, 0.2) is 24.3 Å². The number of alkyl halides is 1. The molecule has 0 aromatic heterocycles. The number of halogens is 2. The van der Waals surface area contributed by atoms with E-state index in [-0.39, 0.29) is 6.10 Å². The molecule has 0 aliphatic rings. The highest BCUT2D eigenvalue weighted by Gasteiger charge is 2.09. The van der Waals surface area contributed by atoms with E-state index < -0.39 is 0 Å². The summed E-state index contributed by atoms with van der Waals surface area (Å²) in [7, 11) is 0. The molecule has 0 saturated carbocycles. The van der Waals surface area contributed by atoms with Crippen LogP contribution < -0.4 is 0 Å². The Labute approximate surface area is 124 Å². The molecular weight excluding hydrogens is 312 g/mol. The van der Waals surface area contributed by atoms with Gasteiger partial charge in [0.25, 0.3) is 0 Å². The number of hydrogen-bond acceptors (Lipinski definition) is 1. The van der Waals surface area contributed by atoms with Gasteiger partial charge in [0.15, 0.2) is 0 Å². The third kappa shape index (κ3) is 6.21. The van der Waals surface area contributed by atoms with Gasteiger partial charge in [0.2, 0.25) is 0 Å². The summed E-state index contributed by atoms with van der Waals surface area (Å²) < 4.78 is 5.91. The Morgan fingerprint density at radius 1 is 1.11 bits per heavy atom. The highest BCUT2D eigenvalue weighted by molar-refractivity contribution is 9.09. The summed E-state index contributed by atoms with van der Waals surface area (Å²) in [6, 6.07) is 7.89. The van der Waals surface area contributed by atoms with Gasteiger partial charge in [-0.3, -0.25) is 0 Å². The molecular formula is C15H22BrClO. The fourth-order valence-electron chi connectivity index (χ4n) is 1.84. The number of rotatable bonds is 9. The topological polar surface area (TPSA) is 9.23 Å². The molecule has 3 heteroatoms. The fourth-order valence-corrected chi connectivity index (χ4v) is 2.53. The van der Waals surface area contributed by atoms with Gasteiger partial charge in [0, 0.05) is 17.0 Å². The van der Waals surface area contributed by atoms with Crippen molar-refractivity contribution in [2.75, 3.05) is 11.9 Å². The van der Waals surface area contributed by atoms with E-state index in [0.717, 1.165) is 23.4 Å². The van der Waals surface area contributed by atoms with Gasteiger partial charge in [0.1, 0.15) is 0 Å². The van der Waals surface area contributed by atoms with Crippen LogP contribution in [0.4, 0.5) is 0 Å². The minimum Gasteiger partial charge on any atom is -0.373 e. The van der Waals surface area contributed by atoms with E-state index in [0.29, 0.717) is 0 Å². The van der Waals surface area contributed by atoms with Crippen LogP contribution in [-0.4, -0.2) is 11.9 Å². The number of benzene rings is 1. The zero-order valence-corrected chi connectivity index (χ0v) is 13.3. The number of hydrogen-bond donors (Lipinski definition) is 0. The Kier molecular flexibility index (Phi) is 8.74. The molecule has 0 fully saturated rings. The lowest BCUT2D eigenvalue weighted by Crippen LogP contribution is -2.07. The van der Waals surface area contributed by atoms with Gasteiger partial charge in [0.05, 0.1) is 6.10 Å². The van der Waals surface area contributed by atoms with Crippen LogP contribution in [0.25, 0.3) is 0 Å². The van der Waals surface area contributed by atoms with Crippen LogP contribution in [0.5, 0.6) is 0 Å². The monoisotopic (exact) mass is 332 g/mol. The summed E-state index contributed by atoms with van der Waals surface area (Å²) in [6.07, 6.45) is 6.49. The largest absolute Gasteiger partial charge is 0.373 e. The second-order valence-electron chi connectivity index (χ2n) is 4.48. The van der Waals surface area contributed by atoms with Gasteiger partial charge in [-0.15, -0.1) is 0 Å². The predicted octanol–water partition coefficient (Wildman–Crippen LogP) is 5.76. The second kappa shape index (κ2) is 9.82. The molecule has 0 saturated heterocycles. The van der Waals surface area contributed by atoms with Crippen LogP contribution in [0.2, 0.25) is 5.02 Å². The molecule has 0 aliphatic heterocycles. The van der Waals surface area contributed by atoms with Gasteiger partial charge in [-0.2, -0.15) is 0 Å². The lowest BCUT2D eigenvalue weighted by molar-refractivity contribution is 0.0668. The summed E-state index contributed by atoms with van der Waals surface area (Å²) in [4.78, 5) is 0. The molecule has 1 aromatic carbocycles. The van der Waals surface area contributed by atoms with Crippen LogP contribution in [0, 0.1) is 0 Å². The predicted molar refractivity (Wildman–Crippen MR) is 82.7 cm³/mol. The van der Waals surface area contributed by atoms with Gasteiger partial charge in [-0.1, -0.05) is 72.3 Å². The maximum atomic E-state index is 5.91. The normalized spacial score (nSPS) is 12.6. The van der Waals surface area contributed by atoms with Crippen molar-refractivity contribution in [3.8, 4) is 0 Å². The first-order valence-corrected chi connectivity index (χ1v) is 8.21. The number of ether oxygens (including phenoxy) is 1. The average molecular weight is 334 g/mol. The molecule has 1 unspecified atom stereocenters. The smallest absolute Gasteiger partial charge is 0.0921 e.